The molecule has 2 aromatic rings. The second-order valence-electron chi connectivity index (χ2n) is 3.25. The van der Waals surface area contributed by atoms with Crippen molar-refractivity contribution >= 4 is 17.0 Å². The first-order chi connectivity index (χ1) is 6.09. The summed E-state index contributed by atoms with van der Waals surface area (Å²) in [4.78, 5) is 8.56. The minimum absolute atomic E-state index is 0.533. The SMILES string of the molecule is Cc1cc2c(nc(N)n2C)c(C)n1. The number of fused-ring (bicyclic) bond motifs is 1. The Labute approximate surface area is 76.4 Å². The molecule has 68 valence electrons. The highest BCUT2D eigenvalue weighted by Crippen LogP contribution is 2.18. The predicted molar refractivity (Wildman–Crippen MR) is 52.4 cm³/mol. The Morgan fingerprint density at radius 1 is 1.31 bits per heavy atom. The van der Waals surface area contributed by atoms with Gasteiger partial charge in [0.2, 0.25) is 5.95 Å². The van der Waals surface area contributed by atoms with Crippen molar-refractivity contribution < 1.29 is 0 Å². The van der Waals surface area contributed by atoms with Crippen LogP contribution in [0, 0.1) is 13.8 Å². The van der Waals surface area contributed by atoms with Gasteiger partial charge in [-0.25, -0.2) is 4.98 Å². The first kappa shape index (κ1) is 8.04. The highest BCUT2D eigenvalue weighted by atomic mass is 15.1. The molecule has 0 aliphatic heterocycles. The lowest BCUT2D eigenvalue weighted by molar-refractivity contribution is 0.963. The summed E-state index contributed by atoms with van der Waals surface area (Å²) in [5.41, 5.74) is 9.56. The number of nitrogen functional groups attached to an aromatic ring is 1. The maximum Gasteiger partial charge on any atom is 0.201 e. The Balaban J connectivity index is 2.94. The molecule has 4 heteroatoms. The van der Waals surface area contributed by atoms with Crippen LogP contribution in [0.1, 0.15) is 11.4 Å². The van der Waals surface area contributed by atoms with Gasteiger partial charge in [-0.15, -0.1) is 0 Å². The molecule has 0 unspecified atom stereocenters. The third-order valence-corrected chi connectivity index (χ3v) is 2.21. The average molecular weight is 176 g/mol. The number of pyridine rings is 1. The van der Waals surface area contributed by atoms with Crippen LogP contribution in [-0.4, -0.2) is 14.5 Å². The summed E-state index contributed by atoms with van der Waals surface area (Å²) >= 11 is 0. The van der Waals surface area contributed by atoms with E-state index in [-0.39, 0.29) is 0 Å². The largest absolute Gasteiger partial charge is 0.369 e. The van der Waals surface area contributed by atoms with Gasteiger partial charge in [0.1, 0.15) is 5.52 Å². The van der Waals surface area contributed by atoms with E-state index in [1.807, 2.05) is 31.5 Å². The van der Waals surface area contributed by atoms with E-state index in [0.29, 0.717) is 5.95 Å². The van der Waals surface area contributed by atoms with Crippen LogP contribution in [0.2, 0.25) is 0 Å². The molecule has 0 fully saturated rings. The highest BCUT2D eigenvalue weighted by molar-refractivity contribution is 5.80. The molecule has 2 heterocycles. The second kappa shape index (κ2) is 2.45. The van der Waals surface area contributed by atoms with Gasteiger partial charge in [-0.05, 0) is 19.9 Å². The first-order valence-corrected chi connectivity index (χ1v) is 4.15. The van der Waals surface area contributed by atoms with E-state index in [1.54, 1.807) is 0 Å². The van der Waals surface area contributed by atoms with Crippen molar-refractivity contribution in [3.8, 4) is 0 Å². The van der Waals surface area contributed by atoms with Crippen LogP contribution in [0.15, 0.2) is 6.07 Å². The molecule has 0 aliphatic carbocycles. The van der Waals surface area contributed by atoms with Crippen molar-refractivity contribution in [1.82, 2.24) is 14.5 Å². The monoisotopic (exact) mass is 176 g/mol. The quantitative estimate of drug-likeness (QED) is 0.655. The Bertz CT molecular complexity index is 470. The van der Waals surface area contributed by atoms with Gasteiger partial charge in [0.25, 0.3) is 0 Å². The minimum atomic E-state index is 0.533. The van der Waals surface area contributed by atoms with Crippen LogP contribution in [0.4, 0.5) is 5.95 Å². The summed E-state index contributed by atoms with van der Waals surface area (Å²) in [5.74, 6) is 0.533. The van der Waals surface area contributed by atoms with Gasteiger partial charge in [-0.1, -0.05) is 0 Å². The summed E-state index contributed by atoms with van der Waals surface area (Å²) < 4.78 is 1.87. The average Bonchev–Trinajstić information content (AvgIpc) is 2.32. The number of hydrogen-bond acceptors (Lipinski definition) is 3. The number of nitrogens with zero attached hydrogens (tertiary/aromatic N) is 3. The zero-order valence-corrected chi connectivity index (χ0v) is 8.00. The van der Waals surface area contributed by atoms with Crippen LogP contribution in [0.25, 0.3) is 11.0 Å². The number of rotatable bonds is 0. The van der Waals surface area contributed by atoms with Gasteiger partial charge in [0, 0.05) is 12.7 Å². The van der Waals surface area contributed by atoms with Gasteiger partial charge < -0.3 is 10.3 Å². The van der Waals surface area contributed by atoms with E-state index in [0.717, 1.165) is 22.4 Å². The van der Waals surface area contributed by atoms with E-state index in [2.05, 4.69) is 9.97 Å². The summed E-state index contributed by atoms with van der Waals surface area (Å²) in [7, 11) is 1.91. The summed E-state index contributed by atoms with van der Waals surface area (Å²) in [6.45, 7) is 3.91. The van der Waals surface area contributed by atoms with Gasteiger partial charge in [-0.3, -0.25) is 4.98 Å². The fraction of sp³-hybridized carbons (Fsp3) is 0.333. The molecule has 2 aromatic heterocycles. The van der Waals surface area contributed by atoms with Crippen molar-refractivity contribution in [1.29, 1.82) is 0 Å². The molecule has 2 N–H and O–H groups in total. The summed E-state index contributed by atoms with van der Waals surface area (Å²) in [6.07, 6.45) is 0. The Kier molecular flexibility index (Phi) is 1.52. The highest BCUT2D eigenvalue weighted by Gasteiger charge is 2.07. The van der Waals surface area contributed by atoms with Gasteiger partial charge >= 0.3 is 0 Å². The fourth-order valence-corrected chi connectivity index (χ4v) is 1.51. The summed E-state index contributed by atoms with van der Waals surface area (Å²) in [6, 6.07) is 1.99. The normalized spacial score (nSPS) is 11.0. The van der Waals surface area contributed by atoms with Crippen LogP contribution in [-0.2, 0) is 7.05 Å². The lowest BCUT2D eigenvalue weighted by Crippen LogP contribution is -1.96. The first-order valence-electron chi connectivity index (χ1n) is 4.15. The Morgan fingerprint density at radius 3 is 2.69 bits per heavy atom. The van der Waals surface area contributed by atoms with E-state index >= 15 is 0 Å². The van der Waals surface area contributed by atoms with Crippen molar-refractivity contribution in [2.75, 3.05) is 5.73 Å². The number of nitrogens with two attached hydrogens (primary N) is 1. The molecule has 0 bridgehead atoms. The van der Waals surface area contributed by atoms with Crippen LogP contribution in [0.5, 0.6) is 0 Å². The van der Waals surface area contributed by atoms with Gasteiger partial charge in [-0.2, -0.15) is 0 Å². The maximum atomic E-state index is 5.70. The molecule has 0 saturated heterocycles. The lowest BCUT2D eigenvalue weighted by atomic mass is 10.3. The smallest absolute Gasteiger partial charge is 0.201 e. The van der Waals surface area contributed by atoms with E-state index in [9.17, 15) is 0 Å². The number of aryl methyl sites for hydroxylation is 3. The minimum Gasteiger partial charge on any atom is -0.369 e. The molecular weight excluding hydrogens is 164 g/mol. The zero-order chi connectivity index (χ0) is 9.59. The fourth-order valence-electron chi connectivity index (χ4n) is 1.51. The van der Waals surface area contributed by atoms with E-state index < -0.39 is 0 Å². The Hall–Kier alpha value is -1.58. The van der Waals surface area contributed by atoms with Crippen molar-refractivity contribution in [2.24, 2.45) is 7.05 Å². The predicted octanol–water partition coefficient (Wildman–Crippen LogP) is 1.17. The van der Waals surface area contributed by atoms with Crippen LogP contribution in [0.3, 0.4) is 0 Å². The van der Waals surface area contributed by atoms with Crippen LogP contribution >= 0.6 is 0 Å². The maximum absolute atomic E-state index is 5.70. The zero-order valence-electron chi connectivity index (χ0n) is 8.00. The second-order valence-corrected chi connectivity index (χ2v) is 3.25. The number of aromatic nitrogens is 3. The van der Waals surface area contributed by atoms with Crippen molar-refractivity contribution in [2.45, 2.75) is 13.8 Å². The molecular formula is C9H12N4. The molecule has 0 saturated carbocycles. The molecule has 0 atom stereocenters. The molecule has 0 amide bonds. The molecule has 0 aromatic carbocycles. The number of hydrogen-bond donors (Lipinski definition) is 1. The van der Waals surface area contributed by atoms with Gasteiger partial charge in [0.05, 0.1) is 11.2 Å². The standard InChI is InChI=1S/C9H12N4/c1-5-4-7-8(6(2)11-5)12-9(10)13(7)3/h4H,1-3H3,(H2,10,12). The third kappa shape index (κ3) is 1.06. The molecule has 0 aliphatic rings. The van der Waals surface area contributed by atoms with E-state index in [4.69, 9.17) is 5.73 Å². The Morgan fingerprint density at radius 2 is 2.00 bits per heavy atom. The van der Waals surface area contributed by atoms with Crippen molar-refractivity contribution in [3.05, 3.63) is 17.5 Å². The van der Waals surface area contributed by atoms with E-state index in [1.165, 1.54) is 0 Å². The number of anilines is 1. The molecule has 0 spiro atoms. The topological polar surface area (TPSA) is 56.7 Å². The van der Waals surface area contributed by atoms with Crippen LogP contribution < -0.4 is 5.73 Å². The molecule has 13 heavy (non-hydrogen) atoms. The molecule has 2 rings (SSSR count). The third-order valence-electron chi connectivity index (χ3n) is 2.21. The lowest BCUT2D eigenvalue weighted by Gasteiger charge is -1.98. The van der Waals surface area contributed by atoms with Gasteiger partial charge in [0.15, 0.2) is 0 Å². The molecule has 4 nitrogen and oxygen atoms in total. The summed E-state index contributed by atoms with van der Waals surface area (Å²) in [5, 5.41) is 0. The molecule has 0 radical (unpaired) electrons. The van der Waals surface area contributed by atoms with Crippen molar-refractivity contribution in [3.63, 3.8) is 0 Å². The number of imidazole rings is 1.